The number of aromatic nitrogens is 4. The second-order valence-corrected chi connectivity index (χ2v) is 12.4. The zero-order valence-electron chi connectivity index (χ0n) is 18.7. The molecule has 2 aromatic rings. The molecule has 6 atom stereocenters. The lowest BCUT2D eigenvalue weighted by atomic mass is 9.90. The summed E-state index contributed by atoms with van der Waals surface area (Å²) in [6, 6.07) is 0. The number of nitrogens with two attached hydrogens (primary N) is 1. The smallest absolute Gasteiger partial charge is 0.368 e. The molecule has 1 saturated heterocycles. The Hall–Kier alpha value is -1.55. The van der Waals surface area contributed by atoms with Crippen LogP contribution >= 0.6 is 23.5 Å². The average molecular weight is 564 g/mol. The minimum absolute atomic E-state index is 0.0984. The van der Waals surface area contributed by atoms with Crippen molar-refractivity contribution in [2.45, 2.75) is 31.8 Å². The quantitative estimate of drug-likeness (QED) is 0.268. The van der Waals surface area contributed by atoms with E-state index in [0.717, 1.165) is 0 Å². The number of halogens is 1. The Morgan fingerprint density at radius 1 is 1.20 bits per heavy atom. The first-order valence-electron chi connectivity index (χ1n) is 9.63. The van der Waals surface area contributed by atoms with Gasteiger partial charge >= 0.3 is 23.5 Å². The fraction of sp³-hybridized carbons (Fsp3) is 0.643. The maximum absolute atomic E-state index is 15.8. The van der Waals surface area contributed by atoms with Gasteiger partial charge < -0.3 is 34.9 Å². The lowest BCUT2D eigenvalue weighted by Gasteiger charge is -2.25. The van der Waals surface area contributed by atoms with Crippen molar-refractivity contribution in [3.63, 3.8) is 0 Å². The van der Waals surface area contributed by atoms with Crippen LogP contribution in [0, 0.1) is 5.92 Å². The van der Waals surface area contributed by atoms with E-state index >= 15 is 4.39 Å². The van der Waals surface area contributed by atoms with Crippen LogP contribution in [0.1, 0.15) is 20.1 Å². The van der Waals surface area contributed by atoms with E-state index in [4.69, 9.17) is 20.3 Å². The molecule has 0 bridgehead atoms. The number of nitrogen functional groups attached to an aromatic ring is 1. The molecule has 0 aliphatic carbocycles. The number of hydrogen-bond donors (Lipinski definition) is 5. The Balaban J connectivity index is 1.81. The van der Waals surface area contributed by atoms with E-state index in [9.17, 15) is 23.5 Å². The second-order valence-electron chi connectivity index (χ2n) is 7.98. The molecule has 0 radical (unpaired) electrons. The van der Waals surface area contributed by atoms with E-state index in [2.05, 4.69) is 28.1 Å². The van der Waals surface area contributed by atoms with Crippen LogP contribution < -0.4 is 10.6 Å². The number of ether oxygens (including phenoxy) is 1. The van der Waals surface area contributed by atoms with Gasteiger partial charge in [0.05, 0.1) is 19.0 Å². The summed E-state index contributed by atoms with van der Waals surface area (Å²) in [5.41, 5.74) is 4.15. The van der Waals surface area contributed by atoms with Gasteiger partial charge in [-0.1, -0.05) is 6.92 Å². The van der Waals surface area contributed by atoms with Crippen molar-refractivity contribution in [3.05, 3.63) is 6.33 Å². The highest BCUT2D eigenvalue weighted by atomic mass is 31.3. The molecule has 2 unspecified atom stereocenters. The number of imidazole rings is 1. The van der Waals surface area contributed by atoms with Crippen molar-refractivity contribution >= 4 is 46.4 Å². The van der Waals surface area contributed by atoms with Crippen molar-refractivity contribution in [3.8, 4) is 0 Å². The zero-order chi connectivity index (χ0) is 26.6. The molecule has 3 heterocycles. The second kappa shape index (κ2) is 9.39. The van der Waals surface area contributed by atoms with Gasteiger partial charge in [-0.25, -0.2) is 23.1 Å². The molecule has 3 rings (SSSR count). The van der Waals surface area contributed by atoms with Crippen LogP contribution in [0.4, 0.5) is 16.2 Å². The number of anilines is 2. The number of hydrogen-bond acceptors (Lipinski definition) is 12. The molecule has 6 N–H and O–H groups in total. The number of phosphoric ester groups is 1. The summed E-state index contributed by atoms with van der Waals surface area (Å²) in [4.78, 5) is 50.1. The fourth-order valence-corrected chi connectivity index (χ4v) is 6.43. The summed E-state index contributed by atoms with van der Waals surface area (Å²) in [5.74, 6) is -0.689. The molecule has 1 fully saturated rings. The Kier molecular flexibility index (Phi) is 7.52. The largest absolute Gasteiger partial charge is 0.490 e. The Bertz CT molecular complexity index is 1250. The minimum atomic E-state index is -5.69. The fourth-order valence-electron chi connectivity index (χ4n) is 3.40. The lowest BCUT2D eigenvalue weighted by molar-refractivity contribution is -0.0559. The number of rotatable bonds is 9. The van der Waals surface area contributed by atoms with Gasteiger partial charge in [0.2, 0.25) is 5.95 Å². The number of alkyl halides is 1. The summed E-state index contributed by atoms with van der Waals surface area (Å²) in [7, 11) is -13.2. The Morgan fingerprint density at radius 2 is 1.83 bits per heavy atom. The van der Waals surface area contributed by atoms with E-state index in [1.165, 1.54) is 24.7 Å². The van der Waals surface area contributed by atoms with Crippen LogP contribution in [0.15, 0.2) is 6.33 Å². The van der Waals surface area contributed by atoms with Gasteiger partial charge in [-0.2, -0.15) is 18.6 Å². The maximum atomic E-state index is 15.8. The molecule has 0 spiro atoms. The highest BCUT2D eigenvalue weighted by molar-refractivity contribution is 7.66. The molecule has 0 amide bonds. The third-order valence-electron chi connectivity index (χ3n) is 5.15. The first kappa shape index (κ1) is 28.0. The SMILES string of the molecule is C[C@@H]1[C@@H](COP(=O)(O)OP(=O)(O)OP(=O)(O)O)O[C@@H](n2cnc3c(N(C)C)nc(N)nc32)[C@]1(C)F. The predicted molar refractivity (Wildman–Crippen MR) is 116 cm³/mol. The maximum Gasteiger partial charge on any atom is 0.490 e. The van der Waals surface area contributed by atoms with Gasteiger partial charge in [-0.3, -0.25) is 9.09 Å². The zero-order valence-corrected chi connectivity index (χ0v) is 21.4. The van der Waals surface area contributed by atoms with Gasteiger partial charge in [0.1, 0.15) is 0 Å². The van der Waals surface area contributed by atoms with Gasteiger partial charge in [-0.15, -0.1) is 0 Å². The van der Waals surface area contributed by atoms with Crippen molar-refractivity contribution < 1.29 is 55.5 Å². The highest BCUT2D eigenvalue weighted by Crippen LogP contribution is 2.66. The number of nitrogens with zero attached hydrogens (tertiary/aromatic N) is 5. The average Bonchev–Trinajstić information content (AvgIpc) is 3.15. The van der Waals surface area contributed by atoms with Gasteiger partial charge in [0, 0.05) is 20.0 Å². The molecule has 1 aliphatic rings. The van der Waals surface area contributed by atoms with Gasteiger partial charge in [-0.05, 0) is 6.92 Å². The third-order valence-corrected chi connectivity index (χ3v) is 8.95. The number of fused-ring (bicyclic) bond motifs is 1. The third kappa shape index (κ3) is 6.24. The molecule has 0 saturated carbocycles. The molecule has 1 aliphatic heterocycles. The van der Waals surface area contributed by atoms with E-state index in [1.807, 2.05) is 0 Å². The van der Waals surface area contributed by atoms with Crippen molar-refractivity contribution in [1.29, 1.82) is 0 Å². The molecular formula is C14H24FN6O11P3. The van der Waals surface area contributed by atoms with E-state index in [-0.39, 0.29) is 11.6 Å². The molecular weight excluding hydrogens is 540 g/mol. The van der Waals surface area contributed by atoms with Crippen molar-refractivity contribution in [2.75, 3.05) is 31.3 Å². The summed E-state index contributed by atoms with van der Waals surface area (Å²) < 4.78 is 68.9. The van der Waals surface area contributed by atoms with Gasteiger partial charge in [0.15, 0.2) is 28.9 Å². The molecule has 0 aromatic carbocycles. The van der Waals surface area contributed by atoms with E-state index in [1.54, 1.807) is 19.0 Å². The minimum Gasteiger partial charge on any atom is -0.368 e. The van der Waals surface area contributed by atoms with Crippen LogP contribution in [0.5, 0.6) is 0 Å². The van der Waals surface area contributed by atoms with Gasteiger partial charge in [0.25, 0.3) is 0 Å². The molecule has 2 aromatic heterocycles. The summed E-state index contributed by atoms with van der Waals surface area (Å²) in [6.07, 6.45) is -1.27. The Morgan fingerprint density at radius 3 is 2.40 bits per heavy atom. The first-order valence-corrected chi connectivity index (χ1v) is 14.2. The summed E-state index contributed by atoms with van der Waals surface area (Å²) in [5, 5.41) is 0. The van der Waals surface area contributed by atoms with E-state index < -0.39 is 54.0 Å². The number of phosphoric acid groups is 3. The monoisotopic (exact) mass is 564 g/mol. The Labute approximate surface area is 197 Å². The van der Waals surface area contributed by atoms with Crippen molar-refractivity contribution in [1.82, 2.24) is 19.5 Å². The lowest BCUT2D eigenvalue weighted by Crippen LogP contribution is -2.34. The van der Waals surface area contributed by atoms with Crippen LogP contribution in [-0.2, 0) is 31.6 Å². The van der Waals surface area contributed by atoms with Crippen molar-refractivity contribution in [2.24, 2.45) is 5.92 Å². The predicted octanol–water partition coefficient (Wildman–Crippen LogP) is 1.08. The van der Waals surface area contributed by atoms with Crippen LogP contribution in [0.3, 0.4) is 0 Å². The topological polar surface area (TPSA) is 242 Å². The summed E-state index contributed by atoms with van der Waals surface area (Å²) >= 11 is 0. The molecule has 198 valence electrons. The standard InChI is InChI=1S/C14H24FN6O11P3/c1-7-8(5-29-34(25,26)32-35(27,28)31-33(22,23)24)30-12(14(7,2)15)21-6-17-9-10(20(3)4)18-13(16)19-11(9)21/h6-8,12H,5H2,1-4H3,(H,25,26)(H,27,28)(H2,16,18,19)(H2,22,23,24)/t7-,8-,12-,14-/m1/s1. The summed E-state index contributed by atoms with van der Waals surface area (Å²) in [6.45, 7) is 1.84. The normalized spacial score (nSPS) is 28.7. The van der Waals surface area contributed by atoms with Crippen LogP contribution in [-0.4, -0.2) is 71.6 Å². The van der Waals surface area contributed by atoms with Crippen LogP contribution in [0.25, 0.3) is 11.2 Å². The first-order chi connectivity index (χ1) is 15.8. The van der Waals surface area contributed by atoms with E-state index in [0.29, 0.717) is 11.3 Å². The molecule has 17 nitrogen and oxygen atoms in total. The molecule has 21 heteroatoms. The molecule has 35 heavy (non-hydrogen) atoms. The highest BCUT2D eigenvalue weighted by Gasteiger charge is 2.54. The van der Waals surface area contributed by atoms with Crippen LogP contribution in [0.2, 0.25) is 0 Å².